The minimum absolute atomic E-state index is 0.0363. The largest absolute Gasteiger partial charge is 0.398 e. The lowest BCUT2D eigenvalue weighted by Gasteiger charge is -2.23. The fourth-order valence-corrected chi connectivity index (χ4v) is 5.52. The van der Waals surface area contributed by atoms with Crippen molar-refractivity contribution in [2.24, 2.45) is 0 Å². The van der Waals surface area contributed by atoms with Gasteiger partial charge in [-0.05, 0) is 39.9 Å². The molecule has 3 aromatic heterocycles. The third-order valence-electron chi connectivity index (χ3n) is 7.22. The van der Waals surface area contributed by atoms with Crippen LogP contribution in [0.4, 0.5) is 5.69 Å². The van der Waals surface area contributed by atoms with Crippen LogP contribution in [0.15, 0.2) is 84.9 Å². The summed E-state index contributed by atoms with van der Waals surface area (Å²) in [6.07, 6.45) is 0. The molecule has 3 heterocycles. The molecule has 2 N–H and O–H groups in total. The standard InChI is InChI=1S/C31H25N3/c1-31(2,3)18-16-24-19-10-4-6-12-21(19)29-27(23-14-8-9-15-26(23)32)33-30-22-13-7-5-11-20(22)25(17-18)28(24)34(29)30/h4-17H,32H2,1-3H3. The number of nitrogen functional groups attached to an aromatic ring is 1. The van der Waals surface area contributed by atoms with E-state index >= 15 is 0 Å². The molecule has 3 nitrogen and oxygen atoms in total. The van der Waals surface area contributed by atoms with E-state index in [2.05, 4.69) is 91.9 Å². The molecule has 0 bridgehead atoms. The van der Waals surface area contributed by atoms with Crippen molar-refractivity contribution in [3.05, 3.63) is 90.5 Å². The highest BCUT2D eigenvalue weighted by atomic mass is 15.0. The maximum Gasteiger partial charge on any atom is 0.146 e. The molecule has 0 aliphatic carbocycles. The van der Waals surface area contributed by atoms with Gasteiger partial charge in [-0.3, -0.25) is 4.40 Å². The van der Waals surface area contributed by atoms with E-state index in [-0.39, 0.29) is 5.41 Å². The summed E-state index contributed by atoms with van der Waals surface area (Å²) in [6, 6.07) is 30.2. The highest BCUT2D eigenvalue weighted by Crippen LogP contribution is 2.44. The topological polar surface area (TPSA) is 43.3 Å². The van der Waals surface area contributed by atoms with Crippen LogP contribution in [-0.2, 0) is 5.41 Å². The van der Waals surface area contributed by atoms with Crippen LogP contribution in [0.3, 0.4) is 0 Å². The molecule has 0 unspecified atom stereocenters. The van der Waals surface area contributed by atoms with E-state index in [9.17, 15) is 0 Å². The molecule has 7 aromatic rings. The molecule has 0 aliphatic heterocycles. The quantitative estimate of drug-likeness (QED) is 0.160. The van der Waals surface area contributed by atoms with Gasteiger partial charge in [-0.1, -0.05) is 87.5 Å². The third-order valence-corrected chi connectivity index (χ3v) is 7.22. The molecule has 0 atom stereocenters. The first-order valence-electron chi connectivity index (χ1n) is 11.8. The second-order valence-electron chi connectivity index (χ2n) is 10.3. The number of fused-ring (bicyclic) bond motifs is 6. The number of pyridine rings is 2. The Morgan fingerprint density at radius 1 is 0.647 bits per heavy atom. The fourth-order valence-electron chi connectivity index (χ4n) is 5.52. The Kier molecular flexibility index (Phi) is 3.69. The van der Waals surface area contributed by atoms with Crippen LogP contribution >= 0.6 is 0 Å². The van der Waals surface area contributed by atoms with Gasteiger partial charge in [-0.25, -0.2) is 4.98 Å². The van der Waals surface area contributed by atoms with E-state index in [0.29, 0.717) is 0 Å². The molecule has 0 saturated heterocycles. The van der Waals surface area contributed by atoms with E-state index in [1.807, 2.05) is 18.2 Å². The van der Waals surface area contributed by atoms with Gasteiger partial charge in [0.2, 0.25) is 0 Å². The smallest absolute Gasteiger partial charge is 0.146 e. The molecule has 0 fully saturated rings. The van der Waals surface area contributed by atoms with Crippen molar-refractivity contribution >= 4 is 54.7 Å². The molecule has 0 radical (unpaired) electrons. The second kappa shape index (κ2) is 6.48. The summed E-state index contributed by atoms with van der Waals surface area (Å²) in [5.41, 5.74) is 13.8. The zero-order valence-electron chi connectivity index (χ0n) is 19.6. The maximum absolute atomic E-state index is 6.48. The van der Waals surface area contributed by atoms with Crippen molar-refractivity contribution in [3.63, 3.8) is 0 Å². The van der Waals surface area contributed by atoms with E-state index in [0.717, 1.165) is 33.5 Å². The molecule has 0 saturated carbocycles. The van der Waals surface area contributed by atoms with Gasteiger partial charge in [-0.15, -0.1) is 0 Å². The first-order valence-corrected chi connectivity index (χ1v) is 11.8. The van der Waals surface area contributed by atoms with E-state index in [4.69, 9.17) is 10.7 Å². The van der Waals surface area contributed by atoms with Gasteiger partial charge >= 0.3 is 0 Å². The molecular formula is C31H25N3. The Morgan fingerprint density at radius 2 is 1.21 bits per heavy atom. The van der Waals surface area contributed by atoms with Crippen molar-refractivity contribution in [1.29, 1.82) is 0 Å². The number of hydrogen-bond acceptors (Lipinski definition) is 2. The first-order chi connectivity index (χ1) is 16.4. The highest BCUT2D eigenvalue weighted by molar-refractivity contribution is 6.26. The monoisotopic (exact) mass is 439 g/mol. The Balaban J connectivity index is 1.85. The zero-order chi connectivity index (χ0) is 23.2. The lowest BCUT2D eigenvalue weighted by molar-refractivity contribution is 0.592. The number of aromatic nitrogens is 2. The van der Waals surface area contributed by atoms with Crippen LogP contribution in [0.5, 0.6) is 0 Å². The molecule has 7 rings (SSSR count). The number of benzene rings is 4. The van der Waals surface area contributed by atoms with Crippen molar-refractivity contribution in [1.82, 2.24) is 9.38 Å². The van der Waals surface area contributed by atoms with Gasteiger partial charge in [0.05, 0.1) is 16.7 Å². The summed E-state index contributed by atoms with van der Waals surface area (Å²) in [7, 11) is 0. The van der Waals surface area contributed by atoms with Gasteiger partial charge in [0.25, 0.3) is 0 Å². The maximum atomic E-state index is 6.48. The number of hydrogen-bond donors (Lipinski definition) is 1. The molecule has 34 heavy (non-hydrogen) atoms. The van der Waals surface area contributed by atoms with Gasteiger partial charge in [0.15, 0.2) is 0 Å². The van der Waals surface area contributed by atoms with E-state index in [1.54, 1.807) is 0 Å². The number of imidazole rings is 1. The predicted molar refractivity (Wildman–Crippen MR) is 145 cm³/mol. The first kappa shape index (κ1) is 19.4. The van der Waals surface area contributed by atoms with Crippen LogP contribution in [0.1, 0.15) is 26.3 Å². The summed E-state index contributed by atoms with van der Waals surface area (Å²) in [5, 5.41) is 7.38. The molecule has 4 aromatic carbocycles. The summed E-state index contributed by atoms with van der Waals surface area (Å²) in [6.45, 7) is 6.86. The molecule has 0 amide bonds. The zero-order valence-corrected chi connectivity index (χ0v) is 19.6. The molecule has 164 valence electrons. The normalized spacial score (nSPS) is 12.7. The lowest BCUT2D eigenvalue weighted by Crippen LogP contribution is -2.11. The van der Waals surface area contributed by atoms with Crippen LogP contribution in [0, 0.1) is 0 Å². The Hall–Kier alpha value is -4.11. The molecule has 0 spiro atoms. The van der Waals surface area contributed by atoms with Gasteiger partial charge in [-0.2, -0.15) is 0 Å². The van der Waals surface area contributed by atoms with Crippen molar-refractivity contribution in [2.75, 3.05) is 5.73 Å². The number of rotatable bonds is 1. The average Bonchev–Trinajstić information content (AvgIpc) is 3.24. The molecular weight excluding hydrogens is 414 g/mol. The number of nitrogens with two attached hydrogens (primary N) is 1. The van der Waals surface area contributed by atoms with Gasteiger partial charge in [0, 0.05) is 32.8 Å². The number of nitrogens with zero attached hydrogens (tertiary/aromatic N) is 2. The van der Waals surface area contributed by atoms with Crippen molar-refractivity contribution in [3.8, 4) is 11.3 Å². The molecule has 0 aliphatic rings. The van der Waals surface area contributed by atoms with Crippen LogP contribution < -0.4 is 5.73 Å². The minimum atomic E-state index is 0.0363. The van der Waals surface area contributed by atoms with E-state index < -0.39 is 0 Å². The number of para-hydroxylation sites is 1. The summed E-state index contributed by atoms with van der Waals surface area (Å²) >= 11 is 0. The van der Waals surface area contributed by atoms with Crippen LogP contribution in [-0.4, -0.2) is 9.38 Å². The lowest BCUT2D eigenvalue weighted by atomic mass is 9.84. The molecule has 3 heteroatoms. The Labute approximate surface area is 197 Å². The minimum Gasteiger partial charge on any atom is -0.398 e. The predicted octanol–water partition coefficient (Wildman–Crippen LogP) is 7.93. The second-order valence-corrected chi connectivity index (χ2v) is 10.3. The summed E-state index contributed by atoms with van der Waals surface area (Å²) in [5.74, 6) is 0. The summed E-state index contributed by atoms with van der Waals surface area (Å²) < 4.78 is 2.38. The number of anilines is 1. The fraction of sp³-hybridized carbons (Fsp3) is 0.129. The van der Waals surface area contributed by atoms with Crippen LogP contribution in [0.2, 0.25) is 0 Å². The van der Waals surface area contributed by atoms with Crippen LogP contribution in [0.25, 0.3) is 60.3 Å². The average molecular weight is 440 g/mol. The Morgan fingerprint density at radius 3 is 1.85 bits per heavy atom. The third kappa shape index (κ3) is 2.44. The van der Waals surface area contributed by atoms with Crippen molar-refractivity contribution < 1.29 is 0 Å². The Bertz CT molecular complexity index is 1880. The van der Waals surface area contributed by atoms with E-state index in [1.165, 1.54) is 38.0 Å². The summed E-state index contributed by atoms with van der Waals surface area (Å²) in [4.78, 5) is 5.28. The van der Waals surface area contributed by atoms with Gasteiger partial charge < -0.3 is 5.73 Å². The highest BCUT2D eigenvalue weighted by Gasteiger charge is 2.24. The van der Waals surface area contributed by atoms with Gasteiger partial charge in [0.1, 0.15) is 5.65 Å². The van der Waals surface area contributed by atoms with Crippen molar-refractivity contribution in [2.45, 2.75) is 26.2 Å². The SMILES string of the molecule is CC(C)(C)c1cc2c3ccccc3c3nc(-c4ccccc4N)c4c5ccccc5c(c1)c2n34.